The highest BCUT2D eigenvalue weighted by molar-refractivity contribution is 7.89. The van der Waals surface area contributed by atoms with Gasteiger partial charge in [0.05, 0.1) is 23.7 Å². The SMILES string of the molecule is CC1CCN(S(=O)(=O)c2ccc(C(=O)CNCC(c3ccco3)N3CCCC3)cc2)CC1. The molecule has 0 saturated carbocycles. The molecule has 174 valence electrons. The first-order chi connectivity index (χ1) is 15.4. The molecule has 2 aromatic rings. The molecule has 1 unspecified atom stereocenters. The first-order valence-corrected chi connectivity index (χ1v) is 13.0. The lowest BCUT2D eigenvalue weighted by Crippen LogP contribution is -2.37. The van der Waals surface area contributed by atoms with Crippen molar-refractivity contribution in [1.29, 1.82) is 0 Å². The Kier molecular flexibility index (Phi) is 7.45. The molecule has 1 aromatic carbocycles. The predicted octanol–water partition coefficient (Wildman–Crippen LogP) is 3.31. The molecule has 0 spiro atoms. The third-order valence-corrected chi connectivity index (χ3v) is 8.55. The van der Waals surface area contributed by atoms with Crippen molar-refractivity contribution in [3.8, 4) is 0 Å². The van der Waals surface area contributed by atoms with E-state index in [1.165, 1.54) is 12.8 Å². The Hall–Kier alpha value is -2.00. The molecule has 2 aliphatic heterocycles. The number of hydrogen-bond acceptors (Lipinski definition) is 6. The Morgan fingerprint density at radius 2 is 1.78 bits per heavy atom. The van der Waals surface area contributed by atoms with Crippen LogP contribution >= 0.6 is 0 Å². The van der Waals surface area contributed by atoms with Gasteiger partial charge in [-0.05, 0) is 69.0 Å². The number of carbonyl (C=O) groups is 1. The molecule has 1 atom stereocenters. The van der Waals surface area contributed by atoms with Crippen LogP contribution in [0.5, 0.6) is 0 Å². The molecule has 1 aromatic heterocycles. The number of piperidine rings is 1. The Bertz CT molecular complexity index is 975. The van der Waals surface area contributed by atoms with Gasteiger partial charge in [-0.15, -0.1) is 0 Å². The van der Waals surface area contributed by atoms with Crippen molar-refractivity contribution in [1.82, 2.24) is 14.5 Å². The smallest absolute Gasteiger partial charge is 0.243 e. The Balaban J connectivity index is 1.33. The van der Waals surface area contributed by atoms with Crippen LogP contribution in [0.2, 0.25) is 0 Å². The largest absolute Gasteiger partial charge is 0.468 e. The molecular weight excluding hydrogens is 426 g/mol. The van der Waals surface area contributed by atoms with Gasteiger partial charge in [0.1, 0.15) is 5.76 Å². The summed E-state index contributed by atoms with van der Waals surface area (Å²) in [5.74, 6) is 1.42. The monoisotopic (exact) mass is 459 g/mol. The first kappa shape index (κ1) is 23.2. The zero-order valence-electron chi connectivity index (χ0n) is 18.7. The van der Waals surface area contributed by atoms with Crippen molar-refractivity contribution < 1.29 is 17.6 Å². The van der Waals surface area contributed by atoms with Crippen LogP contribution in [0.3, 0.4) is 0 Å². The zero-order valence-corrected chi connectivity index (χ0v) is 19.5. The topological polar surface area (TPSA) is 82.9 Å². The van der Waals surface area contributed by atoms with Gasteiger partial charge in [0, 0.05) is 25.2 Å². The second-order valence-electron chi connectivity index (χ2n) is 8.94. The quantitative estimate of drug-likeness (QED) is 0.580. The average Bonchev–Trinajstić information content (AvgIpc) is 3.52. The molecule has 0 bridgehead atoms. The third-order valence-electron chi connectivity index (χ3n) is 6.63. The maximum atomic E-state index is 12.9. The van der Waals surface area contributed by atoms with E-state index in [4.69, 9.17) is 4.42 Å². The number of nitrogens with one attached hydrogen (secondary N) is 1. The predicted molar refractivity (Wildman–Crippen MR) is 123 cm³/mol. The van der Waals surface area contributed by atoms with E-state index < -0.39 is 10.0 Å². The highest BCUT2D eigenvalue weighted by Gasteiger charge is 2.28. The summed E-state index contributed by atoms with van der Waals surface area (Å²) in [5.41, 5.74) is 0.513. The van der Waals surface area contributed by atoms with E-state index in [-0.39, 0.29) is 23.3 Å². The molecular formula is C24H33N3O4S. The molecule has 8 heteroatoms. The summed E-state index contributed by atoms with van der Waals surface area (Å²) in [5, 5.41) is 3.27. The second-order valence-corrected chi connectivity index (χ2v) is 10.9. The summed E-state index contributed by atoms with van der Waals surface area (Å²) in [6, 6.07) is 10.3. The van der Waals surface area contributed by atoms with Gasteiger partial charge >= 0.3 is 0 Å². The molecule has 0 amide bonds. The molecule has 1 N–H and O–H groups in total. The highest BCUT2D eigenvalue weighted by atomic mass is 32.2. The Labute approximate surface area is 190 Å². The van der Waals surface area contributed by atoms with Gasteiger partial charge in [-0.3, -0.25) is 9.69 Å². The van der Waals surface area contributed by atoms with E-state index in [1.54, 1.807) is 34.8 Å². The summed E-state index contributed by atoms with van der Waals surface area (Å²) in [6.07, 6.45) is 5.82. The third kappa shape index (κ3) is 5.31. The average molecular weight is 460 g/mol. The van der Waals surface area contributed by atoms with E-state index in [9.17, 15) is 13.2 Å². The van der Waals surface area contributed by atoms with Gasteiger partial charge in [0.2, 0.25) is 10.0 Å². The Morgan fingerprint density at radius 1 is 1.09 bits per heavy atom. The number of Topliss-reactive ketones (excluding diaryl/α,β-unsaturated/α-hetero) is 1. The van der Waals surface area contributed by atoms with Gasteiger partial charge < -0.3 is 9.73 Å². The summed E-state index contributed by atoms with van der Waals surface area (Å²) < 4.78 is 32.9. The fourth-order valence-corrected chi connectivity index (χ4v) is 6.03. The number of furan rings is 1. The molecule has 7 nitrogen and oxygen atoms in total. The minimum Gasteiger partial charge on any atom is -0.468 e. The van der Waals surface area contributed by atoms with Crippen molar-refractivity contribution in [2.24, 2.45) is 5.92 Å². The molecule has 3 heterocycles. The number of hydrogen-bond donors (Lipinski definition) is 1. The lowest BCUT2D eigenvalue weighted by molar-refractivity contribution is 0.0986. The van der Waals surface area contributed by atoms with Crippen LogP contribution in [0, 0.1) is 5.92 Å². The van der Waals surface area contributed by atoms with E-state index in [2.05, 4.69) is 17.1 Å². The fourth-order valence-electron chi connectivity index (χ4n) is 4.56. The standard InChI is InChI=1S/C24H33N3O4S/c1-19-10-14-27(15-11-19)32(29,30)21-8-6-20(7-9-21)23(28)18-25-17-22(24-5-4-16-31-24)26-12-2-3-13-26/h4-9,16,19,22,25H,2-3,10-15,17-18H2,1H3. The van der Waals surface area contributed by atoms with E-state index in [0.29, 0.717) is 31.1 Å². The number of rotatable bonds is 9. The number of sulfonamides is 1. The van der Waals surface area contributed by atoms with Gasteiger partial charge in [0.25, 0.3) is 0 Å². The van der Waals surface area contributed by atoms with Crippen LogP contribution in [0.15, 0.2) is 52.0 Å². The number of likely N-dealkylation sites (tertiary alicyclic amines) is 1. The van der Waals surface area contributed by atoms with Gasteiger partial charge in [-0.25, -0.2) is 8.42 Å². The molecule has 2 aliphatic rings. The minimum atomic E-state index is -3.50. The van der Waals surface area contributed by atoms with Crippen LogP contribution in [0.25, 0.3) is 0 Å². The van der Waals surface area contributed by atoms with Crippen LogP contribution in [0.4, 0.5) is 0 Å². The van der Waals surface area contributed by atoms with Crippen molar-refractivity contribution in [2.75, 3.05) is 39.3 Å². The van der Waals surface area contributed by atoms with E-state index >= 15 is 0 Å². The number of carbonyl (C=O) groups excluding carboxylic acids is 1. The van der Waals surface area contributed by atoms with Crippen molar-refractivity contribution in [3.05, 3.63) is 54.0 Å². The summed E-state index contributed by atoms with van der Waals surface area (Å²) in [6.45, 7) is 6.16. The number of ketones is 1. The van der Waals surface area contributed by atoms with Gasteiger partial charge in [-0.1, -0.05) is 19.1 Å². The summed E-state index contributed by atoms with van der Waals surface area (Å²) in [4.78, 5) is 15.3. The summed E-state index contributed by atoms with van der Waals surface area (Å²) >= 11 is 0. The molecule has 2 fully saturated rings. The maximum absolute atomic E-state index is 12.9. The first-order valence-electron chi connectivity index (χ1n) is 11.6. The normalized spacial score (nSPS) is 19.9. The van der Waals surface area contributed by atoms with E-state index in [0.717, 1.165) is 31.7 Å². The molecule has 0 radical (unpaired) electrons. The Morgan fingerprint density at radius 3 is 2.41 bits per heavy atom. The molecule has 2 saturated heterocycles. The summed E-state index contributed by atoms with van der Waals surface area (Å²) in [7, 11) is -3.50. The fraction of sp³-hybridized carbons (Fsp3) is 0.542. The van der Waals surface area contributed by atoms with Crippen LogP contribution in [-0.2, 0) is 10.0 Å². The van der Waals surface area contributed by atoms with Gasteiger partial charge in [0.15, 0.2) is 5.78 Å². The van der Waals surface area contributed by atoms with Gasteiger partial charge in [-0.2, -0.15) is 4.31 Å². The lowest BCUT2D eigenvalue weighted by Gasteiger charge is -2.29. The van der Waals surface area contributed by atoms with Crippen LogP contribution in [-0.4, -0.2) is 62.7 Å². The maximum Gasteiger partial charge on any atom is 0.243 e. The highest BCUT2D eigenvalue weighted by Crippen LogP contribution is 2.25. The van der Waals surface area contributed by atoms with Crippen molar-refractivity contribution in [3.63, 3.8) is 0 Å². The molecule has 4 rings (SSSR count). The second kappa shape index (κ2) is 10.3. The van der Waals surface area contributed by atoms with Crippen molar-refractivity contribution >= 4 is 15.8 Å². The lowest BCUT2D eigenvalue weighted by atomic mass is 10.0. The number of nitrogens with zero attached hydrogens (tertiary/aromatic N) is 2. The van der Waals surface area contributed by atoms with E-state index in [1.807, 2.05) is 12.1 Å². The zero-order chi connectivity index (χ0) is 22.6. The van der Waals surface area contributed by atoms with Crippen LogP contribution in [0.1, 0.15) is 54.8 Å². The molecule has 32 heavy (non-hydrogen) atoms. The van der Waals surface area contributed by atoms with Crippen molar-refractivity contribution in [2.45, 2.75) is 43.5 Å². The van der Waals surface area contributed by atoms with Crippen LogP contribution < -0.4 is 5.32 Å². The minimum absolute atomic E-state index is 0.0552. The molecule has 0 aliphatic carbocycles. The number of benzene rings is 1.